The van der Waals surface area contributed by atoms with Gasteiger partial charge in [0.15, 0.2) is 5.78 Å². The summed E-state index contributed by atoms with van der Waals surface area (Å²) in [4.78, 5) is 11.2. The Hall–Kier alpha value is -1.57. The van der Waals surface area contributed by atoms with Crippen LogP contribution in [0.25, 0.3) is 0 Å². The number of carbonyl (C=O) groups excluding carboxylic acids is 1. The van der Waals surface area contributed by atoms with E-state index in [1.54, 1.807) is 13.0 Å². The molecule has 0 aromatic heterocycles. The first-order valence-electron chi connectivity index (χ1n) is 4.20. The summed E-state index contributed by atoms with van der Waals surface area (Å²) in [6.07, 6.45) is 1.76. The molecule has 0 radical (unpaired) electrons. The third kappa shape index (κ3) is 2.44. The predicted octanol–water partition coefficient (Wildman–Crippen LogP) is 2.49. The van der Waals surface area contributed by atoms with Crippen LogP contribution in [0.5, 0.6) is 0 Å². The first-order chi connectivity index (χ1) is 6.25. The molecule has 1 rings (SSSR count). The fourth-order valence-corrected chi connectivity index (χ4v) is 1.13. The molecule has 0 atom stereocenters. The number of nitrogens with one attached hydrogen (secondary N) is 1. The Kier molecular flexibility index (Phi) is 3.26. The lowest BCUT2D eigenvalue weighted by atomic mass is 10.1. The maximum absolute atomic E-state index is 11.2. The third-order valence-corrected chi connectivity index (χ3v) is 1.74. The van der Waals surface area contributed by atoms with Crippen LogP contribution in [0.3, 0.4) is 0 Å². The van der Waals surface area contributed by atoms with E-state index < -0.39 is 0 Å². The third-order valence-electron chi connectivity index (χ3n) is 1.74. The summed E-state index contributed by atoms with van der Waals surface area (Å²) in [5.74, 6) is 0.0761. The average Bonchev–Trinajstić information content (AvgIpc) is 2.15. The molecule has 68 valence electrons. The summed E-state index contributed by atoms with van der Waals surface area (Å²) in [6, 6.07) is 7.46. The minimum Gasteiger partial charge on any atom is -0.381 e. The first-order valence-corrected chi connectivity index (χ1v) is 4.20. The highest BCUT2D eigenvalue weighted by Gasteiger charge is 2.03. The van der Waals surface area contributed by atoms with Crippen LogP contribution in [0.4, 0.5) is 5.69 Å². The molecular formula is C11H13NO. The lowest BCUT2D eigenvalue weighted by molar-refractivity contribution is 0.101. The first kappa shape index (κ1) is 9.52. The van der Waals surface area contributed by atoms with Crippen molar-refractivity contribution in [2.75, 3.05) is 11.9 Å². The van der Waals surface area contributed by atoms with E-state index in [0.717, 1.165) is 11.3 Å². The second-order valence-electron chi connectivity index (χ2n) is 2.77. The van der Waals surface area contributed by atoms with Crippen molar-refractivity contribution in [3.05, 3.63) is 42.5 Å². The summed E-state index contributed by atoms with van der Waals surface area (Å²) in [6.45, 7) is 5.84. The minimum absolute atomic E-state index is 0.0761. The van der Waals surface area contributed by atoms with Gasteiger partial charge in [-0.25, -0.2) is 0 Å². The van der Waals surface area contributed by atoms with Gasteiger partial charge in [-0.2, -0.15) is 0 Å². The number of rotatable bonds is 4. The Balaban J connectivity index is 2.90. The van der Waals surface area contributed by atoms with Crippen molar-refractivity contribution in [3.63, 3.8) is 0 Å². The van der Waals surface area contributed by atoms with E-state index in [0.29, 0.717) is 6.54 Å². The zero-order valence-electron chi connectivity index (χ0n) is 7.71. The van der Waals surface area contributed by atoms with E-state index in [1.807, 2.05) is 24.3 Å². The number of ketones is 1. The van der Waals surface area contributed by atoms with Gasteiger partial charge in [0.05, 0.1) is 0 Å². The van der Waals surface area contributed by atoms with Crippen molar-refractivity contribution >= 4 is 11.5 Å². The minimum atomic E-state index is 0.0761. The van der Waals surface area contributed by atoms with Gasteiger partial charge >= 0.3 is 0 Å². The molecule has 2 nitrogen and oxygen atoms in total. The molecule has 0 aliphatic rings. The molecule has 0 heterocycles. The largest absolute Gasteiger partial charge is 0.381 e. The predicted molar refractivity (Wildman–Crippen MR) is 55.1 cm³/mol. The zero-order valence-corrected chi connectivity index (χ0v) is 7.71. The highest BCUT2D eigenvalue weighted by atomic mass is 16.1. The molecule has 1 N–H and O–H groups in total. The summed E-state index contributed by atoms with van der Waals surface area (Å²) in [7, 11) is 0. The molecule has 0 fully saturated rings. The van der Waals surface area contributed by atoms with E-state index in [4.69, 9.17) is 0 Å². The molecule has 0 aliphatic heterocycles. The Morgan fingerprint density at radius 1 is 1.54 bits per heavy atom. The maximum atomic E-state index is 11.2. The molecule has 0 saturated carbocycles. The second kappa shape index (κ2) is 4.45. The van der Waals surface area contributed by atoms with Gasteiger partial charge in [0.2, 0.25) is 0 Å². The van der Waals surface area contributed by atoms with Crippen molar-refractivity contribution in [2.45, 2.75) is 6.92 Å². The van der Waals surface area contributed by atoms with Crippen LogP contribution >= 0.6 is 0 Å². The van der Waals surface area contributed by atoms with Gasteiger partial charge < -0.3 is 5.32 Å². The summed E-state index contributed by atoms with van der Waals surface area (Å²) in [5, 5.41) is 3.11. The van der Waals surface area contributed by atoms with Gasteiger partial charge in [-0.15, -0.1) is 6.58 Å². The molecule has 2 heteroatoms. The number of anilines is 1. The van der Waals surface area contributed by atoms with Gasteiger partial charge in [0.1, 0.15) is 0 Å². The lowest BCUT2D eigenvalue weighted by Gasteiger charge is -2.07. The molecule has 0 amide bonds. The number of hydrogen-bond donors (Lipinski definition) is 1. The Labute approximate surface area is 78.3 Å². The normalized spacial score (nSPS) is 9.31. The highest BCUT2D eigenvalue weighted by molar-refractivity contribution is 5.99. The fraction of sp³-hybridized carbons (Fsp3) is 0.182. The average molecular weight is 175 g/mol. The number of para-hydroxylation sites is 1. The van der Waals surface area contributed by atoms with Crippen molar-refractivity contribution in [3.8, 4) is 0 Å². The number of Topliss-reactive ketones (excluding diaryl/α,β-unsaturated/α-hetero) is 1. The quantitative estimate of drug-likeness (QED) is 0.562. The number of hydrogen-bond acceptors (Lipinski definition) is 2. The topological polar surface area (TPSA) is 29.1 Å². The van der Waals surface area contributed by atoms with Crippen LogP contribution in [0.15, 0.2) is 36.9 Å². The number of benzene rings is 1. The van der Waals surface area contributed by atoms with Crippen LogP contribution in [0, 0.1) is 0 Å². The van der Waals surface area contributed by atoms with Crippen LogP contribution < -0.4 is 5.32 Å². The van der Waals surface area contributed by atoms with Crippen molar-refractivity contribution in [2.24, 2.45) is 0 Å². The van der Waals surface area contributed by atoms with E-state index in [1.165, 1.54) is 0 Å². The van der Waals surface area contributed by atoms with E-state index >= 15 is 0 Å². The van der Waals surface area contributed by atoms with Crippen molar-refractivity contribution in [1.82, 2.24) is 0 Å². The second-order valence-corrected chi connectivity index (χ2v) is 2.77. The smallest absolute Gasteiger partial charge is 0.161 e. The molecule has 0 saturated heterocycles. The fourth-order valence-electron chi connectivity index (χ4n) is 1.13. The Morgan fingerprint density at radius 2 is 2.23 bits per heavy atom. The Morgan fingerprint density at radius 3 is 2.85 bits per heavy atom. The van der Waals surface area contributed by atoms with E-state index in [-0.39, 0.29) is 5.78 Å². The summed E-state index contributed by atoms with van der Waals surface area (Å²) in [5.41, 5.74) is 1.60. The molecule has 13 heavy (non-hydrogen) atoms. The molecule has 1 aromatic carbocycles. The van der Waals surface area contributed by atoms with Crippen LogP contribution in [0.1, 0.15) is 17.3 Å². The van der Waals surface area contributed by atoms with Crippen molar-refractivity contribution in [1.29, 1.82) is 0 Å². The van der Waals surface area contributed by atoms with Crippen LogP contribution in [-0.2, 0) is 0 Å². The van der Waals surface area contributed by atoms with Gasteiger partial charge in [-0.3, -0.25) is 4.79 Å². The SMILES string of the molecule is C=CCNc1ccccc1C(C)=O. The van der Waals surface area contributed by atoms with Gasteiger partial charge in [0, 0.05) is 17.8 Å². The van der Waals surface area contributed by atoms with Gasteiger partial charge in [-0.05, 0) is 19.1 Å². The maximum Gasteiger partial charge on any atom is 0.161 e. The zero-order chi connectivity index (χ0) is 9.68. The van der Waals surface area contributed by atoms with Crippen molar-refractivity contribution < 1.29 is 4.79 Å². The van der Waals surface area contributed by atoms with E-state index in [9.17, 15) is 4.79 Å². The van der Waals surface area contributed by atoms with Crippen LogP contribution in [0.2, 0.25) is 0 Å². The molecular weight excluding hydrogens is 162 g/mol. The highest BCUT2D eigenvalue weighted by Crippen LogP contribution is 2.14. The standard InChI is InChI=1S/C11H13NO/c1-3-8-12-11-7-5-4-6-10(11)9(2)13/h3-7,12H,1,8H2,2H3. The molecule has 0 unspecified atom stereocenters. The summed E-state index contributed by atoms with van der Waals surface area (Å²) < 4.78 is 0. The van der Waals surface area contributed by atoms with Crippen LogP contribution in [-0.4, -0.2) is 12.3 Å². The molecule has 0 bridgehead atoms. The monoisotopic (exact) mass is 175 g/mol. The molecule has 0 spiro atoms. The lowest BCUT2D eigenvalue weighted by Crippen LogP contribution is -2.03. The van der Waals surface area contributed by atoms with E-state index in [2.05, 4.69) is 11.9 Å². The number of carbonyl (C=O) groups is 1. The molecule has 0 aliphatic carbocycles. The van der Waals surface area contributed by atoms with Gasteiger partial charge in [-0.1, -0.05) is 18.2 Å². The molecule has 1 aromatic rings. The Bertz CT molecular complexity index is 318. The summed E-state index contributed by atoms with van der Waals surface area (Å²) >= 11 is 0. The van der Waals surface area contributed by atoms with Gasteiger partial charge in [0.25, 0.3) is 0 Å².